The molecule has 1 atom stereocenters. The van der Waals surface area contributed by atoms with Gasteiger partial charge in [-0.05, 0) is 43.3 Å². The Hall–Kier alpha value is -2.24. The molecule has 1 amide bonds. The number of nitrogens with one attached hydrogen (secondary N) is 1. The molecular weight excluding hydrogens is 353 g/mol. The number of esters is 1. The molecule has 0 aliphatic rings. The Morgan fingerprint density at radius 2 is 1.88 bits per heavy atom. The molecule has 0 fully saturated rings. The second-order valence-corrected chi connectivity index (χ2v) is 5.74. The van der Waals surface area contributed by atoms with Crippen molar-refractivity contribution in [3.8, 4) is 5.75 Å². The van der Waals surface area contributed by atoms with Gasteiger partial charge in [0, 0.05) is 5.02 Å². The molecule has 0 aromatic heterocycles. The highest BCUT2D eigenvalue weighted by molar-refractivity contribution is 6.35. The van der Waals surface area contributed by atoms with Crippen LogP contribution in [-0.4, -0.2) is 25.1 Å². The monoisotopic (exact) mass is 367 g/mol. The maximum Gasteiger partial charge on any atom is 0.337 e. The van der Waals surface area contributed by atoms with Gasteiger partial charge < -0.3 is 14.8 Å². The van der Waals surface area contributed by atoms with Crippen molar-refractivity contribution in [2.45, 2.75) is 13.0 Å². The summed E-state index contributed by atoms with van der Waals surface area (Å²) in [5.41, 5.74) is 0.730. The predicted octanol–water partition coefficient (Wildman–Crippen LogP) is 4.19. The van der Waals surface area contributed by atoms with E-state index in [1.165, 1.54) is 13.2 Å². The van der Waals surface area contributed by atoms with Gasteiger partial charge in [-0.15, -0.1) is 0 Å². The molecule has 24 heavy (non-hydrogen) atoms. The van der Waals surface area contributed by atoms with Crippen LogP contribution in [0.25, 0.3) is 0 Å². The number of hydrogen-bond donors (Lipinski definition) is 1. The molecule has 7 heteroatoms. The van der Waals surface area contributed by atoms with Gasteiger partial charge in [-0.3, -0.25) is 4.79 Å². The number of benzene rings is 2. The van der Waals surface area contributed by atoms with Gasteiger partial charge >= 0.3 is 5.97 Å². The molecular formula is C17H15Cl2NO4. The zero-order valence-corrected chi connectivity index (χ0v) is 14.5. The van der Waals surface area contributed by atoms with Gasteiger partial charge in [0.05, 0.1) is 23.4 Å². The molecule has 5 nitrogen and oxygen atoms in total. The molecule has 0 saturated heterocycles. The standard InChI is InChI=1S/C17H15Cl2NO4/c1-10(16(21)20-15-9-12(18)6-7-14(15)19)24-13-5-3-4-11(8-13)17(22)23-2/h3-10H,1-2H3,(H,20,21)/t10-/m1/s1. The fourth-order valence-electron chi connectivity index (χ4n) is 1.90. The Morgan fingerprint density at radius 3 is 2.58 bits per heavy atom. The lowest BCUT2D eigenvalue weighted by molar-refractivity contribution is -0.122. The van der Waals surface area contributed by atoms with Crippen LogP contribution in [-0.2, 0) is 9.53 Å². The summed E-state index contributed by atoms with van der Waals surface area (Å²) < 4.78 is 10.2. The van der Waals surface area contributed by atoms with E-state index in [0.717, 1.165) is 0 Å². The van der Waals surface area contributed by atoms with E-state index in [-0.39, 0.29) is 0 Å². The van der Waals surface area contributed by atoms with E-state index < -0.39 is 18.0 Å². The third kappa shape index (κ3) is 4.63. The van der Waals surface area contributed by atoms with Crippen LogP contribution in [0.2, 0.25) is 10.0 Å². The van der Waals surface area contributed by atoms with Crippen LogP contribution in [0.15, 0.2) is 42.5 Å². The zero-order valence-electron chi connectivity index (χ0n) is 13.0. The Balaban J connectivity index is 2.06. The van der Waals surface area contributed by atoms with Crippen LogP contribution in [0.3, 0.4) is 0 Å². The minimum atomic E-state index is -0.812. The Kier molecular flexibility index (Phi) is 6.06. The summed E-state index contributed by atoms with van der Waals surface area (Å²) in [7, 11) is 1.29. The molecule has 0 heterocycles. The van der Waals surface area contributed by atoms with E-state index in [2.05, 4.69) is 10.1 Å². The lowest BCUT2D eigenvalue weighted by atomic mass is 10.2. The average Bonchev–Trinajstić information content (AvgIpc) is 2.57. The SMILES string of the molecule is COC(=O)c1cccc(O[C@H](C)C(=O)Nc2cc(Cl)ccc2Cl)c1. The summed E-state index contributed by atoms with van der Waals surface area (Å²) >= 11 is 11.9. The fourth-order valence-corrected chi connectivity index (χ4v) is 2.24. The maximum absolute atomic E-state index is 12.2. The van der Waals surface area contributed by atoms with Crippen molar-refractivity contribution >= 4 is 40.8 Å². The summed E-state index contributed by atoms with van der Waals surface area (Å²) in [4.78, 5) is 23.7. The number of anilines is 1. The molecule has 0 aliphatic carbocycles. The van der Waals surface area contributed by atoms with Gasteiger partial charge in [0.1, 0.15) is 5.75 Å². The minimum Gasteiger partial charge on any atom is -0.481 e. The highest BCUT2D eigenvalue weighted by Crippen LogP contribution is 2.25. The van der Waals surface area contributed by atoms with E-state index in [9.17, 15) is 9.59 Å². The quantitative estimate of drug-likeness (QED) is 0.804. The lowest BCUT2D eigenvalue weighted by Crippen LogP contribution is -2.30. The summed E-state index contributed by atoms with van der Waals surface area (Å²) in [5, 5.41) is 3.47. The van der Waals surface area contributed by atoms with E-state index >= 15 is 0 Å². The number of halogens is 2. The first-order chi connectivity index (χ1) is 11.4. The van der Waals surface area contributed by atoms with Gasteiger partial charge in [0.2, 0.25) is 0 Å². The van der Waals surface area contributed by atoms with Crippen molar-refractivity contribution in [2.24, 2.45) is 0 Å². The van der Waals surface area contributed by atoms with Crippen LogP contribution in [0.4, 0.5) is 5.69 Å². The highest BCUT2D eigenvalue weighted by Gasteiger charge is 2.17. The lowest BCUT2D eigenvalue weighted by Gasteiger charge is -2.16. The third-order valence-corrected chi connectivity index (χ3v) is 3.69. The normalized spacial score (nSPS) is 11.5. The molecule has 1 N–H and O–H groups in total. The van der Waals surface area contributed by atoms with Gasteiger partial charge in [-0.25, -0.2) is 4.79 Å². The van der Waals surface area contributed by atoms with Crippen LogP contribution in [0, 0.1) is 0 Å². The fraction of sp³-hybridized carbons (Fsp3) is 0.176. The molecule has 2 aromatic carbocycles. The summed E-state index contributed by atoms with van der Waals surface area (Å²) in [6, 6.07) is 11.1. The Bertz CT molecular complexity index is 764. The van der Waals surface area contributed by atoms with Gasteiger partial charge in [0.15, 0.2) is 6.10 Å². The van der Waals surface area contributed by atoms with E-state index in [0.29, 0.717) is 27.0 Å². The van der Waals surface area contributed by atoms with Gasteiger partial charge in [-0.1, -0.05) is 29.3 Å². The average molecular weight is 368 g/mol. The first-order valence-electron chi connectivity index (χ1n) is 7.01. The smallest absolute Gasteiger partial charge is 0.337 e. The molecule has 0 radical (unpaired) electrons. The van der Waals surface area contributed by atoms with Crippen LogP contribution >= 0.6 is 23.2 Å². The molecule has 2 aromatic rings. The minimum absolute atomic E-state index is 0.334. The second-order valence-electron chi connectivity index (χ2n) is 4.89. The summed E-state index contributed by atoms with van der Waals surface area (Å²) in [6.07, 6.45) is -0.812. The van der Waals surface area contributed by atoms with Crippen molar-refractivity contribution in [3.63, 3.8) is 0 Å². The number of carbonyl (C=O) groups is 2. The maximum atomic E-state index is 12.2. The number of methoxy groups -OCH3 is 1. The predicted molar refractivity (Wildman–Crippen MR) is 93.0 cm³/mol. The molecule has 0 bridgehead atoms. The molecule has 0 unspecified atom stereocenters. The largest absolute Gasteiger partial charge is 0.481 e. The van der Waals surface area contributed by atoms with Crippen LogP contribution in [0.1, 0.15) is 17.3 Å². The number of rotatable bonds is 5. The zero-order chi connectivity index (χ0) is 17.7. The molecule has 0 spiro atoms. The van der Waals surface area contributed by atoms with Crippen molar-refractivity contribution < 1.29 is 19.1 Å². The third-order valence-electron chi connectivity index (χ3n) is 3.12. The number of ether oxygens (including phenoxy) is 2. The van der Waals surface area contributed by atoms with Gasteiger partial charge in [0.25, 0.3) is 5.91 Å². The van der Waals surface area contributed by atoms with Crippen LogP contribution < -0.4 is 10.1 Å². The summed E-state index contributed by atoms with van der Waals surface area (Å²) in [6.45, 7) is 1.58. The number of hydrogen-bond acceptors (Lipinski definition) is 4. The number of carbonyl (C=O) groups excluding carboxylic acids is 2. The molecule has 0 saturated carbocycles. The van der Waals surface area contributed by atoms with Crippen LogP contribution in [0.5, 0.6) is 5.75 Å². The van der Waals surface area contributed by atoms with Crippen molar-refractivity contribution in [3.05, 3.63) is 58.1 Å². The van der Waals surface area contributed by atoms with Crippen molar-refractivity contribution in [2.75, 3.05) is 12.4 Å². The number of amides is 1. The first kappa shape index (κ1) is 18.1. The Labute approximate surface area is 149 Å². The molecule has 0 aliphatic heterocycles. The topological polar surface area (TPSA) is 64.6 Å². The van der Waals surface area contributed by atoms with E-state index in [4.69, 9.17) is 27.9 Å². The van der Waals surface area contributed by atoms with Crippen molar-refractivity contribution in [1.29, 1.82) is 0 Å². The highest BCUT2D eigenvalue weighted by atomic mass is 35.5. The van der Waals surface area contributed by atoms with Gasteiger partial charge in [-0.2, -0.15) is 0 Å². The second kappa shape index (κ2) is 8.04. The molecule has 126 valence electrons. The van der Waals surface area contributed by atoms with E-state index in [1.54, 1.807) is 43.3 Å². The Morgan fingerprint density at radius 1 is 1.12 bits per heavy atom. The summed E-state index contributed by atoms with van der Waals surface area (Å²) in [5.74, 6) is -0.511. The van der Waals surface area contributed by atoms with Crippen molar-refractivity contribution in [1.82, 2.24) is 0 Å². The first-order valence-corrected chi connectivity index (χ1v) is 7.77. The van der Waals surface area contributed by atoms with E-state index in [1.807, 2.05) is 0 Å². The molecule has 2 rings (SSSR count).